The lowest BCUT2D eigenvalue weighted by Crippen LogP contribution is -2.05. The van der Waals surface area contributed by atoms with Crippen LogP contribution in [0.2, 0.25) is 0 Å². The second-order valence-corrected chi connectivity index (χ2v) is 3.70. The highest BCUT2D eigenvalue weighted by molar-refractivity contribution is 4.65. The quantitative estimate of drug-likeness (QED) is 0.556. The van der Waals surface area contributed by atoms with E-state index in [1.54, 1.807) is 0 Å². The second-order valence-electron chi connectivity index (χ2n) is 3.70. The lowest BCUT2D eigenvalue weighted by Gasteiger charge is -2.20. The van der Waals surface area contributed by atoms with Crippen molar-refractivity contribution < 1.29 is 5.11 Å². The summed E-state index contributed by atoms with van der Waals surface area (Å²) < 4.78 is 0. The average molecular weight is 155 g/mol. The van der Waals surface area contributed by atoms with Crippen LogP contribution in [0.25, 0.3) is 0 Å². The molecule has 1 fully saturated rings. The molecule has 0 saturated heterocycles. The molecule has 0 amide bonds. The molecule has 0 bridgehead atoms. The minimum Gasteiger partial charge on any atom is -0.237 e. The van der Waals surface area contributed by atoms with E-state index in [0.717, 1.165) is 12.3 Å². The van der Waals surface area contributed by atoms with Gasteiger partial charge in [-0.25, -0.2) is 5.11 Å². The van der Waals surface area contributed by atoms with Crippen molar-refractivity contribution in [2.24, 2.45) is 5.92 Å². The monoisotopic (exact) mass is 155 g/mol. The third-order valence-corrected chi connectivity index (χ3v) is 2.73. The molecule has 1 radical (unpaired) electrons. The third-order valence-electron chi connectivity index (χ3n) is 2.73. The van der Waals surface area contributed by atoms with Gasteiger partial charge in [0, 0.05) is 0 Å². The smallest absolute Gasteiger partial charge is 0.0822 e. The molecule has 0 aromatic rings. The van der Waals surface area contributed by atoms with Crippen LogP contribution in [0.5, 0.6) is 0 Å². The van der Waals surface area contributed by atoms with Crippen molar-refractivity contribution in [3.8, 4) is 0 Å². The Morgan fingerprint density at radius 3 is 2.36 bits per heavy atom. The Labute approximate surface area is 69.8 Å². The van der Waals surface area contributed by atoms with E-state index < -0.39 is 0 Å². The number of hydrogen-bond acceptors (Lipinski definition) is 0. The van der Waals surface area contributed by atoms with Gasteiger partial charge in [0.2, 0.25) is 0 Å². The van der Waals surface area contributed by atoms with Crippen LogP contribution in [-0.2, 0) is 5.11 Å². The predicted octanol–water partition coefficient (Wildman–Crippen LogP) is 3.17. The number of rotatable bonds is 4. The fourth-order valence-corrected chi connectivity index (χ4v) is 2.01. The van der Waals surface area contributed by atoms with Gasteiger partial charge >= 0.3 is 0 Å². The van der Waals surface area contributed by atoms with Crippen molar-refractivity contribution >= 4 is 0 Å². The van der Waals surface area contributed by atoms with Crippen molar-refractivity contribution in [1.29, 1.82) is 0 Å². The molecule has 0 spiro atoms. The average Bonchev–Trinajstić information content (AvgIpc) is 2.07. The molecule has 65 valence electrons. The maximum Gasteiger partial charge on any atom is 0.0822 e. The molecule has 1 saturated carbocycles. The van der Waals surface area contributed by atoms with Crippen molar-refractivity contribution in [3.63, 3.8) is 0 Å². The topological polar surface area (TPSA) is 19.9 Å². The molecular weight excluding hydrogens is 136 g/mol. The van der Waals surface area contributed by atoms with Gasteiger partial charge in [-0.3, -0.25) is 0 Å². The van der Waals surface area contributed by atoms with Gasteiger partial charge < -0.3 is 0 Å². The first kappa shape index (κ1) is 9.05. The lowest BCUT2D eigenvalue weighted by molar-refractivity contribution is 0.182. The minimum atomic E-state index is 0.132. The van der Waals surface area contributed by atoms with Crippen LogP contribution in [0, 0.1) is 5.92 Å². The molecule has 1 rings (SSSR count). The highest BCUT2D eigenvalue weighted by atomic mass is 16.2. The zero-order valence-corrected chi connectivity index (χ0v) is 7.35. The standard InChI is InChI=1S/C10H19O/c11-9-5-4-8-10-6-2-1-3-7-10/h10H,1-9H2. The lowest BCUT2D eigenvalue weighted by atomic mass is 9.86. The van der Waals surface area contributed by atoms with E-state index in [2.05, 4.69) is 0 Å². The summed E-state index contributed by atoms with van der Waals surface area (Å²) in [6, 6.07) is 0. The first-order valence-corrected chi connectivity index (χ1v) is 5.01. The van der Waals surface area contributed by atoms with E-state index in [-0.39, 0.29) is 6.61 Å². The summed E-state index contributed by atoms with van der Waals surface area (Å²) in [6.45, 7) is 0.132. The summed E-state index contributed by atoms with van der Waals surface area (Å²) in [7, 11) is 0. The van der Waals surface area contributed by atoms with Gasteiger partial charge in [0.1, 0.15) is 0 Å². The van der Waals surface area contributed by atoms with E-state index in [4.69, 9.17) is 0 Å². The first-order valence-electron chi connectivity index (χ1n) is 5.01. The summed E-state index contributed by atoms with van der Waals surface area (Å²) in [6.07, 6.45) is 10.6. The van der Waals surface area contributed by atoms with E-state index in [1.165, 1.54) is 44.9 Å². The molecule has 0 N–H and O–H groups in total. The molecule has 0 unspecified atom stereocenters. The fraction of sp³-hybridized carbons (Fsp3) is 1.00. The molecule has 1 nitrogen and oxygen atoms in total. The van der Waals surface area contributed by atoms with Crippen LogP contribution in [0.3, 0.4) is 0 Å². The van der Waals surface area contributed by atoms with Gasteiger partial charge in [-0.05, 0) is 12.3 Å². The van der Waals surface area contributed by atoms with E-state index in [9.17, 15) is 5.11 Å². The number of unbranched alkanes of at least 4 members (excludes halogenated alkanes) is 1. The maximum absolute atomic E-state index is 10.2. The summed E-state index contributed by atoms with van der Waals surface area (Å²) in [5, 5.41) is 10.2. The summed E-state index contributed by atoms with van der Waals surface area (Å²) >= 11 is 0. The first-order chi connectivity index (χ1) is 5.43. The normalized spacial score (nSPS) is 20.5. The molecule has 0 heterocycles. The Bertz CT molecular complexity index is 84.9. The Morgan fingerprint density at radius 2 is 1.73 bits per heavy atom. The highest BCUT2D eigenvalue weighted by Crippen LogP contribution is 2.27. The van der Waals surface area contributed by atoms with Gasteiger partial charge in [0.25, 0.3) is 0 Å². The molecule has 0 aromatic carbocycles. The van der Waals surface area contributed by atoms with Crippen molar-refractivity contribution in [2.75, 3.05) is 6.61 Å². The highest BCUT2D eigenvalue weighted by Gasteiger charge is 2.11. The Hall–Kier alpha value is -0.0400. The van der Waals surface area contributed by atoms with Crippen LogP contribution in [0.15, 0.2) is 0 Å². The van der Waals surface area contributed by atoms with Crippen molar-refractivity contribution in [3.05, 3.63) is 0 Å². The summed E-state index contributed by atoms with van der Waals surface area (Å²) in [5.74, 6) is 0.968. The maximum atomic E-state index is 10.2. The van der Waals surface area contributed by atoms with Crippen LogP contribution in [0.4, 0.5) is 0 Å². The Kier molecular flexibility index (Phi) is 4.60. The van der Waals surface area contributed by atoms with E-state index in [1.807, 2.05) is 0 Å². The predicted molar refractivity (Wildman–Crippen MR) is 46.0 cm³/mol. The van der Waals surface area contributed by atoms with Gasteiger partial charge in [-0.2, -0.15) is 0 Å². The van der Waals surface area contributed by atoms with E-state index >= 15 is 0 Å². The Morgan fingerprint density at radius 1 is 1.00 bits per heavy atom. The Balaban J connectivity index is 1.96. The zero-order valence-electron chi connectivity index (χ0n) is 7.35. The van der Waals surface area contributed by atoms with Crippen LogP contribution >= 0.6 is 0 Å². The molecule has 0 atom stereocenters. The van der Waals surface area contributed by atoms with Crippen molar-refractivity contribution in [2.45, 2.75) is 51.4 Å². The van der Waals surface area contributed by atoms with Crippen LogP contribution in [-0.4, -0.2) is 6.61 Å². The molecule has 11 heavy (non-hydrogen) atoms. The molecule has 1 heteroatoms. The summed E-state index contributed by atoms with van der Waals surface area (Å²) in [5.41, 5.74) is 0. The van der Waals surface area contributed by atoms with Crippen molar-refractivity contribution in [1.82, 2.24) is 0 Å². The summed E-state index contributed by atoms with van der Waals surface area (Å²) in [4.78, 5) is 0. The molecule has 0 aromatic heterocycles. The van der Waals surface area contributed by atoms with Crippen LogP contribution < -0.4 is 0 Å². The fourth-order valence-electron chi connectivity index (χ4n) is 2.01. The largest absolute Gasteiger partial charge is 0.237 e. The van der Waals surface area contributed by atoms with Gasteiger partial charge in [0.05, 0.1) is 6.61 Å². The molecular formula is C10H19O. The number of hydrogen-bond donors (Lipinski definition) is 0. The molecule has 0 aliphatic heterocycles. The van der Waals surface area contributed by atoms with Crippen LogP contribution in [0.1, 0.15) is 51.4 Å². The van der Waals surface area contributed by atoms with Gasteiger partial charge in [0.15, 0.2) is 0 Å². The molecule has 1 aliphatic carbocycles. The van der Waals surface area contributed by atoms with E-state index in [0.29, 0.717) is 0 Å². The SMILES string of the molecule is [O]CCCCC1CCCCC1. The second kappa shape index (κ2) is 5.59. The molecule has 1 aliphatic rings. The third kappa shape index (κ3) is 3.76. The minimum absolute atomic E-state index is 0.132. The van der Waals surface area contributed by atoms with Gasteiger partial charge in [-0.15, -0.1) is 0 Å². The zero-order chi connectivity index (χ0) is 7.94. The van der Waals surface area contributed by atoms with Gasteiger partial charge in [-0.1, -0.05) is 44.9 Å².